The highest BCUT2D eigenvalue weighted by Crippen LogP contribution is 2.31. The second-order valence-corrected chi connectivity index (χ2v) is 9.20. The lowest BCUT2D eigenvalue weighted by molar-refractivity contribution is -0.156. The molecule has 32 heavy (non-hydrogen) atoms. The van der Waals surface area contributed by atoms with Gasteiger partial charge in [0.2, 0.25) is 5.89 Å². The van der Waals surface area contributed by atoms with Gasteiger partial charge in [-0.05, 0) is 35.9 Å². The highest BCUT2D eigenvalue weighted by Gasteiger charge is 2.38. The first-order valence-electron chi connectivity index (χ1n) is 9.71. The Bertz CT molecular complexity index is 1090. The maximum absolute atomic E-state index is 13.3. The van der Waals surface area contributed by atoms with E-state index in [0.29, 0.717) is 25.2 Å². The lowest BCUT2D eigenvalue weighted by atomic mass is 10.1. The fourth-order valence-electron chi connectivity index (χ4n) is 3.23. The molecule has 168 valence electrons. The Hall–Kier alpha value is -2.53. The van der Waals surface area contributed by atoms with Gasteiger partial charge in [0.05, 0.1) is 6.54 Å². The van der Waals surface area contributed by atoms with Crippen molar-refractivity contribution in [1.82, 2.24) is 15.1 Å². The number of aromatic nitrogens is 2. The molecule has 4 rings (SSSR count). The Morgan fingerprint density at radius 3 is 2.47 bits per heavy atom. The number of rotatable bonds is 4. The Balaban J connectivity index is 1.56. The van der Waals surface area contributed by atoms with Crippen LogP contribution in [0.5, 0.6) is 0 Å². The number of carbonyl (C=O) groups is 1. The van der Waals surface area contributed by atoms with Gasteiger partial charge in [0.25, 0.3) is 0 Å². The van der Waals surface area contributed by atoms with Crippen LogP contribution in [0, 0.1) is 0 Å². The largest absolute Gasteiger partial charge is 0.470 e. The average Bonchev–Trinajstić information content (AvgIpc) is 3.29. The number of thioether (sulfide) groups is 1. The predicted molar refractivity (Wildman–Crippen MR) is 119 cm³/mol. The van der Waals surface area contributed by atoms with Crippen LogP contribution in [-0.2, 0) is 12.7 Å². The summed E-state index contributed by atoms with van der Waals surface area (Å²) >= 11 is 5.28. The van der Waals surface area contributed by atoms with Crippen LogP contribution >= 0.6 is 27.7 Å². The third kappa shape index (κ3) is 5.26. The smallest absolute Gasteiger partial charge is 0.413 e. The van der Waals surface area contributed by atoms with Crippen molar-refractivity contribution < 1.29 is 22.4 Å². The summed E-state index contributed by atoms with van der Waals surface area (Å²) in [5, 5.41) is 6.53. The summed E-state index contributed by atoms with van der Waals surface area (Å²) in [6.45, 7) is 1.67. The second-order valence-electron chi connectivity index (χ2n) is 7.06. The molecular formula is C21H18BrF3N4O2S. The Kier molecular flexibility index (Phi) is 6.75. The van der Waals surface area contributed by atoms with Crippen molar-refractivity contribution >= 4 is 39.4 Å². The zero-order valence-electron chi connectivity index (χ0n) is 16.7. The summed E-state index contributed by atoms with van der Waals surface area (Å²) < 4.78 is 43.7. The van der Waals surface area contributed by atoms with Gasteiger partial charge < -0.3 is 9.32 Å². The number of alkyl halides is 3. The van der Waals surface area contributed by atoms with E-state index in [2.05, 4.69) is 26.1 Å². The molecule has 1 saturated heterocycles. The standard InChI is InChI=1S/C21H18BrF3N4O2S/c22-16-2-1-3-17(12-16)29(20(30)28-8-10-32-11-9-28)13-14-4-6-15(7-5-14)18-26-27-19(31-18)21(23,24)25/h1-7,12H,8-11,13H2. The zero-order chi connectivity index (χ0) is 22.7. The first-order valence-corrected chi connectivity index (χ1v) is 11.7. The molecule has 0 bridgehead atoms. The third-order valence-corrected chi connectivity index (χ3v) is 6.28. The normalized spacial score (nSPS) is 14.4. The summed E-state index contributed by atoms with van der Waals surface area (Å²) in [5.41, 5.74) is 1.92. The number of nitrogens with zero attached hydrogens (tertiary/aromatic N) is 4. The highest BCUT2D eigenvalue weighted by molar-refractivity contribution is 9.10. The molecule has 0 N–H and O–H groups in total. The predicted octanol–water partition coefficient (Wildman–Crippen LogP) is 5.69. The molecule has 11 heteroatoms. The molecule has 1 fully saturated rings. The number of amides is 2. The molecule has 0 spiro atoms. The van der Waals surface area contributed by atoms with E-state index >= 15 is 0 Å². The topological polar surface area (TPSA) is 62.5 Å². The van der Waals surface area contributed by atoms with Crippen LogP contribution in [0.15, 0.2) is 57.4 Å². The van der Waals surface area contributed by atoms with Crippen molar-refractivity contribution in [2.75, 3.05) is 29.5 Å². The van der Waals surface area contributed by atoms with Gasteiger partial charge >= 0.3 is 18.1 Å². The van der Waals surface area contributed by atoms with E-state index in [4.69, 9.17) is 4.42 Å². The molecule has 1 aliphatic heterocycles. The van der Waals surface area contributed by atoms with Gasteiger partial charge in [0.15, 0.2) is 0 Å². The Labute approximate surface area is 194 Å². The van der Waals surface area contributed by atoms with Gasteiger partial charge in [-0.15, -0.1) is 10.2 Å². The van der Waals surface area contributed by atoms with Crippen LogP contribution in [-0.4, -0.2) is 45.7 Å². The monoisotopic (exact) mass is 526 g/mol. The summed E-state index contributed by atoms with van der Waals surface area (Å²) in [7, 11) is 0. The SMILES string of the molecule is O=C(N1CCSCC1)N(Cc1ccc(-c2nnc(C(F)(F)F)o2)cc1)c1cccc(Br)c1. The molecule has 3 aromatic rings. The molecule has 0 aliphatic carbocycles. The van der Waals surface area contributed by atoms with Crippen molar-refractivity contribution in [3.05, 3.63) is 64.5 Å². The summed E-state index contributed by atoms with van der Waals surface area (Å²) in [6, 6.07) is 14.1. The number of anilines is 1. The van der Waals surface area contributed by atoms with Crippen LogP contribution in [0.4, 0.5) is 23.7 Å². The van der Waals surface area contributed by atoms with Gasteiger partial charge in [-0.2, -0.15) is 24.9 Å². The number of carbonyl (C=O) groups excluding carboxylic acids is 1. The highest BCUT2D eigenvalue weighted by atomic mass is 79.9. The molecule has 6 nitrogen and oxygen atoms in total. The number of hydrogen-bond donors (Lipinski definition) is 0. The molecule has 2 amide bonds. The van der Waals surface area contributed by atoms with Crippen LogP contribution < -0.4 is 4.90 Å². The van der Waals surface area contributed by atoms with Crippen molar-refractivity contribution in [3.63, 3.8) is 0 Å². The fourth-order valence-corrected chi connectivity index (χ4v) is 4.52. The second kappa shape index (κ2) is 9.53. The number of urea groups is 1. The lowest BCUT2D eigenvalue weighted by Gasteiger charge is -2.33. The minimum atomic E-state index is -4.69. The van der Waals surface area contributed by atoms with E-state index in [1.165, 1.54) is 0 Å². The van der Waals surface area contributed by atoms with E-state index < -0.39 is 12.1 Å². The molecule has 0 atom stereocenters. The molecule has 1 aliphatic rings. The van der Waals surface area contributed by atoms with E-state index in [0.717, 1.165) is 27.2 Å². The molecule has 0 saturated carbocycles. The first-order chi connectivity index (χ1) is 15.3. The quantitative estimate of drug-likeness (QED) is 0.436. The Morgan fingerprint density at radius 2 is 1.84 bits per heavy atom. The molecule has 2 aromatic carbocycles. The summed E-state index contributed by atoms with van der Waals surface area (Å²) in [5.74, 6) is 0.200. The Morgan fingerprint density at radius 1 is 1.12 bits per heavy atom. The van der Waals surface area contributed by atoms with Gasteiger partial charge in [-0.1, -0.05) is 34.1 Å². The van der Waals surface area contributed by atoms with Crippen molar-refractivity contribution in [1.29, 1.82) is 0 Å². The van der Waals surface area contributed by atoms with Gasteiger partial charge in [0, 0.05) is 40.3 Å². The lowest BCUT2D eigenvalue weighted by Crippen LogP contribution is -2.46. The fraction of sp³-hybridized carbons (Fsp3) is 0.286. The third-order valence-electron chi connectivity index (χ3n) is 4.84. The molecule has 0 radical (unpaired) electrons. The number of halogens is 4. The van der Waals surface area contributed by atoms with E-state index in [1.54, 1.807) is 29.2 Å². The number of benzene rings is 2. The van der Waals surface area contributed by atoms with Gasteiger partial charge in [-0.25, -0.2) is 4.79 Å². The van der Waals surface area contributed by atoms with Gasteiger partial charge in [0.1, 0.15) is 0 Å². The van der Waals surface area contributed by atoms with Crippen LogP contribution in [0.1, 0.15) is 11.5 Å². The first kappa shape index (κ1) is 22.7. The molecule has 2 heterocycles. The minimum Gasteiger partial charge on any atom is -0.413 e. The van der Waals surface area contributed by atoms with E-state index in [9.17, 15) is 18.0 Å². The van der Waals surface area contributed by atoms with E-state index in [-0.39, 0.29) is 11.9 Å². The summed E-state index contributed by atoms with van der Waals surface area (Å²) in [6.07, 6.45) is -4.69. The van der Waals surface area contributed by atoms with Crippen molar-refractivity contribution in [2.24, 2.45) is 0 Å². The van der Waals surface area contributed by atoms with E-state index in [1.807, 2.05) is 40.9 Å². The van der Waals surface area contributed by atoms with Crippen molar-refractivity contribution in [2.45, 2.75) is 12.7 Å². The van der Waals surface area contributed by atoms with Crippen LogP contribution in [0.25, 0.3) is 11.5 Å². The molecular weight excluding hydrogens is 509 g/mol. The maximum atomic E-state index is 13.3. The summed E-state index contributed by atoms with van der Waals surface area (Å²) in [4.78, 5) is 16.8. The van der Waals surface area contributed by atoms with Gasteiger partial charge in [-0.3, -0.25) is 4.90 Å². The molecule has 1 aromatic heterocycles. The number of hydrogen-bond acceptors (Lipinski definition) is 5. The van der Waals surface area contributed by atoms with Crippen LogP contribution in [0.3, 0.4) is 0 Å². The zero-order valence-corrected chi connectivity index (χ0v) is 19.1. The van der Waals surface area contributed by atoms with Crippen molar-refractivity contribution in [3.8, 4) is 11.5 Å². The van der Waals surface area contributed by atoms with Crippen LogP contribution in [0.2, 0.25) is 0 Å². The maximum Gasteiger partial charge on any atom is 0.470 e. The average molecular weight is 527 g/mol. The minimum absolute atomic E-state index is 0.0841. The molecule has 0 unspecified atom stereocenters.